The minimum absolute atomic E-state index is 0.279. The van der Waals surface area contributed by atoms with Crippen molar-refractivity contribution in [3.8, 4) is 5.75 Å². The molecule has 0 unspecified atom stereocenters. The van der Waals surface area contributed by atoms with Crippen molar-refractivity contribution in [3.05, 3.63) is 29.1 Å². The largest absolute Gasteiger partial charge is 0.490 e. The molecule has 2 heterocycles. The van der Waals surface area contributed by atoms with Gasteiger partial charge in [-0.3, -0.25) is 0 Å². The van der Waals surface area contributed by atoms with Gasteiger partial charge in [-0.15, -0.1) is 11.3 Å². The number of ether oxygens (including phenoxy) is 2. The molecule has 0 saturated carbocycles. The maximum absolute atomic E-state index is 11.6. The van der Waals surface area contributed by atoms with Crippen molar-refractivity contribution in [1.82, 2.24) is 4.90 Å². The van der Waals surface area contributed by atoms with Crippen molar-refractivity contribution in [2.45, 2.75) is 38.8 Å². The van der Waals surface area contributed by atoms with Gasteiger partial charge in [0.15, 0.2) is 0 Å². The summed E-state index contributed by atoms with van der Waals surface area (Å²) < 4.78 is 12.0. The van der Waals surface area contributed by atoms with Gasteiger partial charge in [0.2, 0.25) is 0 Å². The zero-order valence-electron chi connectivity index (χ0n) is 13.9. The number of esters is 1. The Kier molecular flexibility index (Phi) is 4.87. The smallest absolute Gasteiger partial charge is 0.348 e. The van der Waals surface area contributed by atoms with Crippen LogP contribution in [0.1, 0.15) is 36.4 Å². The highest BCUT2D eigenvalue weighted by molar-refractivity contribution is 7.20. The summed E-state index contributed by atoms with van der Waals surface area (Å²) in [5, 5.41) is 1.03. The van der Waals surface area contributed by atoms with Crippen LogP contribution in [-0.2, 0) is 4.74 Å². The van der Waals surface area contributed by atoms with Crippen LogP contribution in [0.15, 0.2) is 24.3 Å². The second-order valence-corrected chi connectivity index (χ2v) is 7.33. The van der Waals surface area contributed by atoms with Crippen molar-refractivity contribution in [2.75, 3.05) is 20.2 Å². The SMILES string of the molecule is COC(=O)c1cc2cc(OC3CCN(C(C)C)CC3)ccc2s1. The van der Waals surface area contributed by atoms with E-state index in [0.717, 1.165) is 41.8 Å². The molecule has 0 bridgehead atoms. The van der Waals surface area contributed by atoms with Gasteiger partial charge in [0.1, 0.15) is 16.7 Å². The molecule has 1 aliphatic heterocycles. The number of methoxy groups -OCH3 is 1. The molecule has 0 radical (unpaired) electrons. The van der Waals surface area contributed by atoms with Gasteiger partial charge in [-0.1, -0.05) is 0 Å². The van der Waals surface area contributed by atoms with Crippen molar-refractivity contribution < 1.29 is 14.3 Å². The van der Waals surface area contributed by atoms with E-state index in [-0.39, 0.29) is 12.1 Å². The molecule has 0 aliphatic carbocycles. The lowest BCUT2D eigenvalue weighted by Crippen LogP contribution is -2.41. The summed E-state index contributed by atoms with van der Waals surface area (Å²) in [7, 11) is 1.41. The number of fused-ring (bicyclic) bond motifs is 1. The number of piperidine rings is 1. The molecular formula is C18H23NO3S. The first-order valence-electron chi connectivity index (χ1n) is 8.09. The molecule has 1 fully saturated rings. The Bertz CT molecular complexity index is 687. The molecule has 1 aliphatic rings. The summed E-state index contributed by atoms with van der Waals surface area (Å²) >= 11 is 1.45. The van der Waals surface area contributed by atoms with Gasteiger partial charge < -0.3 is 14.4 Å². The van der Waals surface area contributed by atoms with Crippen LogP contribution in [0.5, 0.6) is 5.75 Å². The van der Waals surface area contributed by atoms with Gasteiger partial charge in [-0.2, -0.15) is 0 Å². The molecular weight excluding hydrogens is 310 g/mol. The number of carbonyl (C=O) groups excluding carboxylic acids is 1. The van der Waals surface area contributed by atoms with Crippen molar-refractivity contribution >= 4 is 27.4 Å². The van der Waals surface area contributed by atoms with E-state index in [0.29, 0.717) is 10.9 Å². The topological polar surface area (TPSA) is 38.8 Å². The van der Waals surface area contributed by atoms with Crippen molar-refractivity contribution in [2.24, 2.45) is 0 Å². The third-order valence-electron chi connectivity index (χ3n) is 4.38. The van der Waals surface area contributed by atoms with Gasteiger partial charge in [0.05, 0.1) is 7.11 Å². The molecule has 0 amide bonds. The third-order valence-corrected chi connectivity index (χ3v) is 5.48. The average Bonchev–Trinajstić information content (AvgIpc) is 2.98. The minimum atomic E-state index is -0.283. The second kappa shape index (κ2) is 6.89. The van der Waals surface area contributed by atoms with Crippen LogP contribution in [-0.4, -0.2) is 43.2 Å². The number of likely N-dealkylation sites (tertiary alicyclic amines) is 1. The fourth-order valence-corrected chi connectivity index (χ4v) is 3.96. The fourth-order valence-electron chi connectivity index (χ4n) is 3.00. The zero-order chi connectivity index (χ0) is 16.4. The maximum Gasteiger partial charge on any atom is 0.348 e. The van der Waals surface area contributed by atoms with Gasteiger partial charge in [-0.05, 0) is 56.3 Å². The minimum Gasteiger partial charge on any atom is -0.490 e. The molecule has 3 rings (SSSR count). The lowest BCUT2D eigenvalue weighted by Gasteiger charge is -2.34. The van der Waals surface area contributed by atoms with Crippen LogP contribution in [0.25, 0.3) is 10.1 Å². The second-order valence-electron chi connectivity index (χ2n) is 6.25. The number of carbonyl (C=O) groups is 1. The first-order chi connectivity index (χ1) is 11.1. The number of benzene rings is 1. The number of thiophene rings is 1. The summed E-state index contributed by atoms with van der Waals surface area (Å²) in [6.45, 7) is 6.67. The summed E-state index contributed by atoms with van der Waals surface area (Å²) in [6.07, 6.45) is 2.40. The molecule has 23 heavy (non-hydrogen) atoms. The van der Waals surface area contributed by atoms with Crippen LogP contribution in [0.2, 0.25) is 0 Å². The molecule has 4 nitrogen and oxygen atoms in total. The molecule has 1 aromatic carbocycles. The molecule has 0 spiro atoms. The number of hydrogen-bond donors (Lipinski definition) is 0. The van der Waals surface area contributed by atoms with E-state index in [4.69, 9.17) is 9.47 Å². The zero-order valence-corrected chi connectivity index (χ0v) is 14.7. The highest BCUT2D eigenvalue weighted by Crippen LogP contribution is 2.30. The van der Waals surface area contributed by atoms with E-state index in [1.165, 1.54) is 18.4 Å². The molecule has 0 atom stereocenters. The molecule has 0 N–H and O–H groups in total. The quantitative estimate of drug-likeness (QED) is 0.795. The first kappa shape index (κ1) is 16.3. The van der Waals surface area contributed by atoms with Gasteiger partial charge in [-0.25, -0.2) is 4.79 Å². The van der Waals surface area contributed by atoms with Crippen molar-refractivity contribution in [1.29, 1.82) is 0 Å². The lowest BCUT2D eigenvalue weighted by molar-refractivity contribution is 0.0606. The molecule has 1 aromatic heterocycles. The Morgan fingerprint density at radius 2 is 2.00 bits per heavy atom. The van der Waals surface area contributed by atoms with Crippen LogP contribution >= 0.6 is 11.3 Å². The fraction of sp³-hybridized carbons (Fsp3) is 0.500. The summed E-state index contributed by atoms with van der Waals surface area (Å²) in [4.78, 5) is 14.7. The van der Waals surface area contributed by atoms with E-state index in [2.05, 4.69) is 18.7 Å². The molecule has 2 aromatic rings. The molecule has 124 valence electrons. The summed E-state index contributed by atoms with van der Waals surface area (Å²) in [6, 6.07) is 8.52. The van der Waals surface area contributed by atoms with Crippen molar-refractivity contribution in [3.63, 3.8) is 0 Å². The van der Waals surface area contributed by atoms with E-state index < -0.39 is 0 Å². The highest BCUT2D eigenvalue weighted by Gasteiger charge is 2.22. The van der Waals surface area contributed by atoms with Crippen LogP contribution in [0.4, 0.5) is 0 Å². The molecule has 5 heteroatoms. The molecule has 1 saturated heterocycles. The Morgan fingerprint density at radius 3 is 2.65 bits per heavy atom. The Balaban J connectivity index is 1.68. The number of nitrogens with zero attached hydrogens (tertiary/aromatic N) is 1. The Morgan fingerprint density at radius 1 is 1.26 bits per heavy atom. The van der Waals surface area contributed by atoms with Crippen LogP contribution in [0, 0.1) is 0 Å². The predicted molar refractivity (Wildman–Crippen MR) is 93.5 cm³/mol. The monoisotopic (exact) mass is 333 g/mol. The van der Waals surface area contributed by atoms with E-state index >= 15 is 0 Å². The Labute approximate surface area is 141 Å². The first-order valence-corrected chi connectivity index (χ1v) is 8.91. The number of rotatable bonds is 4. The van der Waals surface area contributed by atoms with Gasteiger partial charge >= 0.3 is 5.97 Å². The van der Waals surface area contributed by atoms with Crippen LogP contribution < -0.4 is 4.74 Å². The summed E-state index contributed by atoms with van der Waals surface area (Å²) in [5.74, 6) is 0.601. The van der Waals surface area contributed by atoms with Gasteiger partial charge in [0, 0.05) is 23.8 Å². The Hall–Kier alpha value is -1.59. The predicted octanol–water partition coefficient (Wildman–Crippen LogP) is 3.94. The highest BCUT2D eigenvalue weighted by atomic mass is 32.1. The standard InChI is InChI=1S/C18H23NO3S/c1-12(2)19-8-6-14(7-9-19)22-15-4-5-16-13(10-15)11-17(23-16)18(20)21-3/h4-5,10-12,14H,6-9H2,1-3H3. The van der Waals surface area contributed by atoms with E-state index in [9.17, 15) is 4.79 Å². The third kappa shape index (κ3) is 3.67. The van der Waals surface area contributed by atoms with Gasteiger partial charge in [0.25, 0.3) is 0 Å². The maximum atomic E-state index is 11.6. The average molecular weight is 333 g/mol. The van der Waals surface area contributed by atoms with Crippen LogP contribution in [0.3, 0.4) is 0 Å². The lowest BCUT2D eigenvalue weighted by atomic mass is 10.1. The summed E-state index contributed by atoms with van der Waals surface area (Å²) in [5.41, 5.74) is 0. The number of hydrogen-bond acceptors (Lipinski definition) is 5. The van der Waals surface area contributed by atoms with E-state index in [1.807, 2.05) is 24.3 Å². The normalized spacial score (nSPS) is 16.9. The van der Waals surface area contributed by atoms with E-state index in [1.54, 1.807) is 0 Å².